The predicted molar refractivity (Wildman–Crippen MR) is 149 cm³/mol. The summed E-state index contributed by atoms with van der Waals surface area (Å²) in [4.78, 5) is 28.6. The maximum atomic E-state index is 13.6. The molecule has 0 spiro atoms. The van der Waals surface area contributed by atoms with Gasteiger partial charge in [-0.1, -0.05) is 50.5 Å². The minimum atomic E-state index is -3.63. The molecule has 3 rings (SSSR count). The lowest BCUT2D eigenvalue weighted by Gasteiger charge is -2.33. The number of anilines is 1. The maximum absolute atomic E-state index is 13.6. The van der Waals surface area contributed by atoms with E-state index in [2.05, 4.69) is 5.32 Å². The van der Waals surface area contributed by atoms with E-state index in [1.165, 1.54) is 35.0 Å². The topological polar surface area (TPSA) is 86.8 Å². The summed E-state index contributed by atoms with van der Waals surface area (Å²) < 4.78 is 39.4. The number of rotatable bonds is 12. The van der Waals surface area contributed by atoms with Crippen molar-refractivity contribution in [1.29, 1.82) is 0 Å². The van der Waals surface area contributed by atoms with Crippen LogP contribution >= 0.6 is 0 Å². The van der Waals surface area contributed by atoms with Crippen LogP contribution in [-0.4, -0.2) is 50.0 Å². The molecule has 1 fully saturated rings. The van der Waals surface area contributed by atoms with Crippen molar-refractivity contribution in [3.8, 4) is 0 Å². The van der Waals surface area contributed by atoms with Crippen molar-refractivity contribution in [3.05, 3.63) is 65.5 Å². The van der Waals surface area contributed by atoms with Gasteiger partial charge in [0.05, 0.1) is 11.9 Å². The van der Waals surface area contributed by atoms with Crippen LogP contribution in [0.3, 0.4) is 0 Å². The molecule has 1 aliphatic rings. The number of amides is 2. The summed E-state index contributed by atoms with van der Waals surface area (Å²) in [5, 5.41) is 3.17. The predicted octanol–water partition coefficient (Wildman–Crippen LogP) is 4.94. The van der Waals surface area contributed by atoms with Gasteiger partial charge >= 0.3 is 0 Å². The zero-order chi connectivity index (χ0) is 27.7. The van der Waals surface area contributed by atoms with Crippen LogP contribution in [0, 0.1) is 12.7 Å². The SMILES string of the molecule is CC[C@H](C(=O)NC1CCCCC1)N(Cc1ccccc1C)C(=O)CCCN(c1ccc(F)cc1)S(C)(=O)=O. The van der Waals surface area contributed by atoms with Gasteiger partial charge in [0.1, 0.15) is 11.9 Å². The molecular weight excluding hydrogens is 505 g/mol. The van der Waals surface area contributed by atoms with Gasteiger partial charge in [-0.2, -0.15) is 0 Å². The summed E-state index contributed by atoms with van der Waals surface area (Å²) in [7, 11) is -3.63. The van der Waals surface area contributed by atoms with E-state index in [1.54, 1.807) is 4.90 Å². The van der Waals surface area contributed by atoms with Gasteiger partial charge < -0.3 is 10.2 Å². The summed E-state index contributed by atoms with van der Waals surface area (Å²) in [5.74, 6) is -0.793. The van der Waals surface area contributed by atoms with E-state index in [-0.39, 0.29) is 37.2 Å². The quantitative estimate of drug-likeness (QED) is 0.410. The van der Waals surface area contributed by atoms with Crippen LogP contribution in [-0.2, 0) is 26.2 Å². The first-order valence-corrected chi connectivity index (χ1v) is 15.3. The zero-order valence-corrected chi connectivity index (χ0v) is 23.5. The minimum absolute atomic E-state index is 0.0689. The summed E-state index contributed by atoms with van der Waals surface area (Å²) >= 11 is 0. The van der Waals surface area contributed by atoms with Crippen LogP contribution in [0.15, 0.2) is 48.5 Å². The molecular formula is C29H40FN3O4S. The first-order chi connectivity index (χ1) is 18.1. The van der Waals surface area contributed by atoms with Crippen LogP contribution in [0.5, 0.6) is 0 Å². The van der Waals surface area contributed by atoms with Gasteiger partial charge in [-0.25, -0.2) is 12.8 Å². The molecule has 38 heavy (non-hydrogen) atoms. The van der Waals surface area contributed by atoms with E-state index in [4.69, 9.17) is 0 Å². The van der Waals surface area contributed by atoms with Gasteiger partial charge in [0.25, 0.3) is 0 Å². The standard InChI is InChI=1S/C29H40FN3O4S/c1-4-27(29(35)31-25-13-6-5-7-14-25)32(21-23-12-9-8-11-22(23)2)28(34)15-10-20-33(38(3,36)37)26-18-16-24(30)17-19-26/h8-9,11-12,16-19,25,27H,4-7,10,13-15,20-21H2,1-3H3,(H,31,35)/t27-/m1/s1. The second-order valence-electron chi connectivity index (χ2n) is 10.1. The van der Waals surface area contributed by atoms with E-state index < -0.39 is 21.9 Å². The monoisotopic (exact) mass is 545 g/mol. The molecule has 1 aliphatic carbocycles. The third kappa shape index (κ3) is 8.28. The lowest BCUT2D eigenvalue weighted by molar-refractivity contribution is -0.141. The Balaban J connectivity index is 1.76. The largest absolute Gasteiger partial charge is 0.352 e. The Labute approximate surface area is 226 Å². The molecule has 0 aliphatic heterocycles. The summed E-state index contributed by atoms with van der Waals surface area (Å²) in [6.45, 7) is 4.26. The second-order valence-corrected chi connectivity index (χ2v) is 12.0. The number of carbonyl (C=O) groups excluding carboxylic acids is 2. The normalized spacial score (nSPS) is 15.1. The Morgan fingerprint density at radius 1 is 1.05 bits per heavy atom. The molecule has 2 aromatic carbocycles. The van der Waals surface area contributed by atoms with Crippen molar-refractivity contribution in [2.24, 2.45) is 0 Å². The van der Waals surface area contributed by atoms with Crippen molar-refractivity contribution in [2.45, 2.75) is 83.8 Å². The third-order valence-electron chi connectivity index (χ3n) is 7.21. The van der Waals surface area contributed by atoms with Crippen molar-refractivity contribution in [1.82, 2.24) is 10.2 Å². The van der Waals surface area contributed by atoms with E-state index >= 15 is 0 Å². The fourth-order valence-corrected chi connectivity index (χ4v) is 6.01. The van der Waals surface area contributed by atoms with Crippen LogP contribution < -0.4 is 9.62 Å². The van der Waals surface area contributed by atoms with E-state index in [0.717, 1.165) is 43.1 Å². The molecule has 0 radical (unpaired) electrons. The summed E-state index contributed by atoms with van der Waals surface area (Å²) in [6.07, 6.45) is 7.19. The first-order valence-electron chi connectivity index (χ1n) is 13.5. The minimum Gasteiger partial charge on any atom is -0.352 e. The van der Waals surface area contributed by atoms with Gasteiger partial charge in [-0.3, -0.25) is 13.9 Å². The lowest BCUT2D eigenvalue weighted by Crippen LogP contribution is -2.51. The molecule has 2 amide bonds. The number of nitrogens with zero attached hydrogens (tertiary/aromatic N) is 2. The molecule has 7 nitrogen and oxygen atoms in total. The Kier molecular flexibility index (Phi) is 10.7. The second kappa shape index (κ2) is 13.7. The number of nitrogens with one attached hydrogen (secondary N) is 1. The highest BCUT2D eigenvalue weighted by molar-refractivity contribution is 7.92. The van der Waals surface area contributed by atoms with Crippen molar-refractivity contribution in [2.75, 3.05) is 17.1 Å². The number of benzene rings is 2. The number of aryl methyl sites for hydroxylation is 1. The molecule has 2 aromatic rings. The third-order valence-corrected chi connectivity index (χ3v) is 8.40. The Morgan fingerprint density at radius 3 is 2.32 bits per heavy atom. The van der Waals surface area contributed by atoms with Gasteiger partial charge in [0.15, 0.2) is 0 Å². The van der Waals surface area contributed by atoms with E-state index in [1.807, 2.05) is 38.1 Å². The fourth-order valence-electron chi connectivity index (χ4n) is 5.05. The van der Waals surface area contributed by atoms with E-state index in [0.29, 0.717) is 18.7 Å². The average Bonchev–Trinajstić information content (AvgIpc) is 2.88. The molecule has 0 saturated heterocycles. The number of hydrogen-bond acceptors (Lipinski definition) is 4. The summed E-state index contributed by atoms with van der Waals surface area (Å²) in [5.41, 5.74) is 2.35. The molecule has 1 N–H and O–H groups in total. The Morgan fingerprint density at radius 2 is 1.71 bits per heavy atom. The van der Waals surface area contributed by atoms with Crippen molar-refractivity contribution >= 4 is 27.5 Å². The Hall–Kier alpha value is -2.94. The van der Waals surface area contributed by atoms with Crippen molar-refractivity contribution < 1.29 is 22.4 Å². The van der Waals surface area contributed by atoms with E-state index in [9.17, 15) is 22.4 Å². The molecule has 0 bridgehead atoms. The molecule has 0 heterocycles. The van der Waals surface area contributed by atoms with Crippen molar-refractivity contribution in [3.63, 3.8) is 0 Å². The van der Waals surface area contributed by atoms with Gasteiger partial charge in [-0.05, 0) is 68.0 Å². The molecule has 208 valence electrons. The lowest BCUT2D eigenvalue weighted by atomic mass is 9.95. The average molecular weight is 546 g/mol. The molecule has 1 saturated carbocycles. The smallest absolute Gasteiger partial charge is 0.243 e. The van der Waals surface area contributed by atoms with Crippen LogP contribution in [0.4, 0.5) is 10.1 Å². The molecule has 0 unspecified atom stereocenters. The zero-order valence-electron chi connectivity index (χ0n) is 22.7. The fraction of sp³-hybridized carbons (Fsp3) is 0.517. The van der Waals surface area contributed by atoms with Crippen LogP contribution in [0.2, 0.25) is 0 Å². The number of halogens is 1. The summed E-state index contributed by atoms with van der Waals surface area (Å²) in [6, 6.07) is 12.5. The highest BCUT2D eigenvalue weighted by Gasteiger charge is 2.30. The van der Waals surface area contributed by atoms with Gasteiger partial charge in [0.2, 0.25) is 21.8 Å². The highest BCUT2D eigenvalue weighted by atomic mass is 32.2. The first kappa shape index (κ1) is 29.6. The van der Waals surface area contributed by atoms with Crippen LogP contribution in [0.1, 0.15) is 69.4 Å². The number of sulfonamides is 1. The van der Waals surface area contributed by atoms with Gasteiger partial charge in [0, 0.05) is 25.6 Å². The highest BCUT2D eigenvalue weighted by Crippen LogP contribution is 2.22. The number of carbonyl (C=O) groups is 2. The molecule has 0 aromatic heterocycles. The van der Waals surface area contributed by atoms with Gasteiger partial charge in [-0.15, -0.1) is 0 Å². The van der Waals surface area contributed by atoms with Crippen LogP contribution in [0.25, 0.3) is 0 Å². The Bertz CT molecular complexity index is 1180. The maximum Gasteiger partial charge on any atom is 0.243 e. The number of hydrogen-bond donors (Lipinski definition) is 1. The molecule has 1 atom stereocenters. The molecule has 9 heteroatoms.